The van der Waals surface area contributed by atoms with E-state index in [0.29, 0.717) is 12.1 Å². The van der Waals surface area contributed by atoms with Crippen molar-refractivity contribution in [2.24, 2.45) is 4.99 Å². The molecule has 3 saturated heterocycles. The molecule has 0 saturated carbocycles. The number of halogens is 1. The maximum atomic E-state index is 5.95. The number of nitrogens with one attached hydrogen (secondary N) is 1. The first-order valence-electron chi connectivity index (χ1n) is 9.71. The lowest BCUT2D eigenvalue weighted by Crippen LogP contribution is -2.56. The van der Waals surface area contributed by atoms with Crippen LogP contribution in [0.5, 0.6) is 0 Å². The van der Waals surface area contributed by atoms with E-state index in [-0.39, 0.29) is 36.2 Å². The highest BCUT2D eigenvalue weighted by Gasteiger charge is 2.32. The van der Waals surface area contributed by atoms with Gasteiger partial charge < -0.3 is 24.4 Å². The maximum absolute atomic E-state index is 5.95. The van der Waals surface area contributed by atoms with Gasteiger partial charge in [-0.2, -0.15) is 0 Å². The Labute approximate surface area is 174 Å². The second kappa shape index (κ2) is 11.0. The van der Waals surface area contributed by atoms with Crippen molar-refractivity contribution in [1.29, 1.82) is 0 Å². The average Bonchev–Trinajstić information content (AvgIpc) is 3.17. The van der Waals surface area contributed by atoms with Gasteiger partial charge in [0.05, 0.1) is 25.9 Å². The molecule has 3 aliphatic heterocycles. The molecule has 3 rings (SSSR count). The number of hydrogen-bond acceptors (Lipinski definition) is 5. The van der Waals surface area contributed by atoms with Crippen LogP contribution in [0.3, 0.4) is 0 Å². The number of nitrogens with zero attached hydrogens (tertiary/aromatic N) is 3. The van der Waals surface area contributed by atoms with Gasteiger partial charge in [0.1, 0.15) is 6.10 Å². The van der Waals surface area contributed by atoms with Gasteiger partial charge in [0.25, 0.3) is 0 Å². The lowest BCUT2D eigenvalue weighted by molar-refractivity contribution is -0.0817. The van der Waals surface area contributed by atoms with Crippen molar-refractivity contribution < 1.29 is 14.2 Å². The fourth-order valence-corrected chi connectivity index (χ4v) is 4.07. The van der Waals surface area contributed by atoms with Gasteiger partial charge in [-0.1, -0.05) is 0 Å². The quantitative estimate of drug-likeness (QED) is 0.369. The van der Waals surface area contributed by atoms with Crippen LogP contribution in [0.15, 0.2) is 4.99 Å². The average molecular weight is 482 g/mol. The van der Waals surface area contributed by atoms with Crippen LogP contribution in [0, 0.1) is 0 Å². The number of hydrogen-bond donors (Lipinski definition) is 1. The third kappa shape index (κ3) is 5.67. The van der Waals surface area contributed by atoms with E-state index in [0.717, 1.165) is 71.4 Å². The number of aliphatic imine (C=N–C) groups is 1. The van der Waals surface area contributed by atoms with Crippen molar-refractivity contribution in [2.45, 2.75) is 51.0 Å². The monoisotopic (exact) mass is 482 g/mol. The predicted octanol–water partition coefficient (Wildman–Crippen LogP) is 1.17. The van der Waals surface area contributed by atoms with Crippen LogP contribution in [0.2, 0.25) is 0 Å². The molecular weight excluding hydrogens is 447 g/mol. The molecule has 8 heteroatoms. The Morgan fingerprint density at radius 2 is 2.00 bits per heavy atom. The fourth-order valence-electron chi connectivity index (χ4n) is 4.07. The molecule has 1 N–H and O–H groups in total. The van der Waals surface area contributed by atoms with Crippen LogP contribution in [0.4, 0.5) is 0 Å². The van der Waals surface area contributed by atoms with E-state index in [1.807, 2.05) is 7.05 Å². The van der Waals surface area contributed by atoms with E-state index in [4.69, 9.17) is 14.2 Å². The first-order valence-corrected chi connectivity index (χ1v) is 9.71. The second-order valence-corrected chi connectivity index (χ2v) is 7.35. The van der Waals surface area contributed by atoms with E-state index in [1.54, 1.807) is 0 Å². The SMILES string of the molecule is CN=C(NCC(C)N1CCOCC1C)N1CCOC(C2CCCO2)C1.I. The van der Waals surface area contributed by atoms with Gasteiger partial charge in [-0.05, 0) is 26.7 Å². The number of rotatable bonds is 4. The van der Waals surface area contributed by atoms with Crippen LogP contribution < -0.4 is 5.32 Å². The molecule has 0 bridgehead atoms. The zero-order valence-electron chi connectivity index (χ0n) is 16.4. The molecule has 26 heavy (non-hydrogen) atoms. The Morgan fingerprint density at radius 1 is 1.19 bits per heavy atom. The van der Waals surface area contributed by atoms with E-state index in [1.165, 1.54) is 0 Å². The van der Waals surface area contributed by atoms with E-state index < -0.39 is 0 Å². The molecule has 3 aliphatic rings. The summed E-state index contributed by atoms with van der Waals surface area (Å²) in [6, 6.07) is 0.922. The summed E-state index contributed by atoms with van der Waals surface area (Å²) < 4.78 is 17.3. The Hall–Kier alpha value is -0.160. The summed E-state index contributed by atoms with van der Waals surface area (Å²) in [6.07, 6.45) is 2.66. The first-order chi connectivity index (χ1) is 12.2. The third-order valence-electron chi connectivity index (χ3n) is 5.53. The number of guanidine groups is 1. The van der Waals surface area contributed by atoms with Crippen molar-refractivity contribution in [3.05, 3.63) is 0 Å². The molecule has 0 aromatic carbocycles. The van der Waals surface area contributed by atoms with Crippen molar-refractivity contribution in [3.63, 3.8) is 0 Å². The van der Waals surface area contributed by atoms with Crippen LogP contribution in [0.1, 0.15) is 26.7 Å². The summed E-state index contributed by atoms with van der Waals surface area (Å²) in [6.45, 7) is 11.4. The van der Waals surface area contributed by atoms with Crippen molar-refractivity contribution in [1.82, 2.24) is 15.1 Å². The molecule has 152 valence electrons. The molecule has 4 atom stereocenters. The molecule has 3 heterocycles. The smallest absolute Gasteiger partial charge is 0.193 e. The minimum Gasteiger partial charge on any atom is -0.379 e. The van der Waals surface area contributed by atoms with Crippen molar-refractivity contribution >= 4 is 29.9 Å². The normalized spacial score (nSPS) is 32.2. The molecule has 7 nitrogen and oxygen atoms in total. The summed E-state index contributed by atoms with van der Waals surface area (Å²) in [4.78, 5) is 9.32. The topological polar surface area (TPSA) is 58.6 Å². The summed E-state index contributed by atoms with van der Waals surface area (Å²) in [5.74, 6) is 0.971. The minimum atomic E-state index is 0. The Balaban J connectivity index is 0.00000243. The summed E-state index contributed by atoms with van der Waals surface area (Å²) >= 11 is 0. The zero-order chi connectivity index (χ0) is 17.6. The highest BCUT2D eigenvalue weighted by atomic mass is 127. The Kier molecular flexibility index (Phi) is 9.36. The van der Waals surface area contributed by atoms with Crippen molar-refractivity contribution in [3.8, 4) is 0 Å². The van der Waals surface area contributed by atoms with E-state index in [2.05, 4.69) is 34.0 Å². The van der Waals surface area contributed by atoms with Gasteiger partial charge in [-0.3, -0.25) is 9.89 Å². The largest absolute Gasteiger partial charge is 0.379 e. The van der Waals surface area contributed by atoms with Crippen molar-refractivity contribution in [2.75, 3.05) is 59.7 Å². The maximum Gasteiger partial charge on any atom is 0.193 e. The first kappa shape index (κ1) is 22.1. The van der Waals surface area contributed by atoms with Gasteiger partial charge in [0.15, 0.2) is 5.96 Å². The molecule has 0 radical (unpaired) electrons. The number of morpholine rings is 2. The highest BCUT2D eigenvalue weighted by Crippen LogP contribution is 2.21. The third-order valence-corrected chi connectivity index (χ3v) is 5.53. The number of ether oxygens (including phenoxy) is 3. The summed E-state index contributed by atoms with van der Waals surface area (Å²) in [5.41, 5.74) is 0. The zero-order valence-corrected chi connectivity index (χ0v) is 18.7. The standard InChI is InChI=1S/C18H34N4O3.HI/c1-14(22-7-9-23-13-15(22)2)11-20-18(19-3)21-6-10-25-17(12-21)16-5-4-8-24-16;/h14-17H,4-13H2,1-3H3,(H,19,20);1H. The predicted molar refractivity (Wildman–Crippen MR) is 114 cm³/mol. The molecule has 0 amide bonds. The second-order valence-electron chi connectivity index (χ2n) is 7.35. The molecule has 0 aromatic rings. The van der Waals surface area contributed by atoms with Gasteiger partial charge in [-0.25, -0.2) is 0 Å². The molecule has 0 aromatic heterocycles. The summed E-state index contributed by atoms with van der Waals surface area (Å²) in [7, 11) is 1.86. The summed E-state index contributed by atoms with van der Waals surface area (Å²) in [5, 5.41) is 3.56. The van der Waals surface area contributed by atoms with Gasteiger partial charge in [0, 0.05) is 51.9 Å². The van der Waals surface area contributed by atoms with Crippen LogP contribution >= 0.6 is 24.0 Å². The molecule has 4 unspecified atom stereocenters. The van der Waals surface area contributed by atoms with Crippen LogP contribution in [-0.2, 0) is 14.2 Å². The van der Waals surface area contributed by atoms with E-state index >= 15 is 0 Å². The molecular formula is C18H35IN4O3. The lowest BCUT2D eigenvalue weighted by Gasteiger charge is -2.40. The lowest BCUT2D eigenvalue weighted by atomic mass is 10.1. The molecule has 3 fully saturated rings. The molecule has 0 spiro atoms. The molecule has 0 aliphatic carbocycles. The van der Waals surface area contributed by atoms with Crippen LogP contribution in [0.25, 0.3) is 0 Å². The highest BCUT2D eigenvalue weighted by molar-refractivity contribution is 14.0. The minimum absolute atomic E-state index is 0. The Morgan fingerprint density at radius 3 is 2.69 bits per heavy atom. The van der Waals surface area contributed by atoms with E-state index in [9.17, 15) is 0 Å². The fraction of sp³-hybridized carbons (Fsp3) is 0.944. The van der Waals surface area contributed by atoms with Gasteiger partial charge in [0.2, 0.25) is 0 Å². The van der Waals surface area contributed by atoms with Crippen LogP contribution in [-0.4, -0.2) is 99.7 Å². The van der Waals surface area contributed by atoms with Gasteiger partial charge >= 0.3 is 0 Å². The van der Waals surface area contributed by atoms with Gasteiger partial charge in [-0.15, -0.1) is 24.0 Å². The Bertz CT molecular complexity index is 448.